The van der Waals surface area contributed by atoms with E-state index < -0.39 is 17.7 Å². The standard InChI is InChI=1S/C24H23FN4O5/c1-4-33-18-11-15(7-10-17(18)34-24(32)14-5-8-16(25)9-6-14)21(19-12(2)26-28-22(19)30)20-13(3)27-29-23(20)31/h5-11,21H,4H2,1-3H3,(H2,26,28,30)(H2,27,29,31). The fraction of sp³-hybridized carbons (Fsp3) is 0.208. The third kappa shape index (κ3) is 4.29. The quantitative estimate of drug-likeness (QED) is 0.245. The fourth-order valence-corrected chi connectivity index (χ4v) is 3.89. The van der Waals surface area contributed by atoms with Crippen LogP contribution in [0, 0.1) is 19.7 Å². The lowest BCUT2D eigenvalue weighted by atomic mass is 9.85. The minimum absolute atomic E-state index is 0.151. The normalized spacial score (nSPS) is 11.1. The highest BCUT2D eigenvalue weighted by Crippen LogP contribution is 2.37. The molecule has 0 aliphatic rings. The third-order valence-electron chi connectivity index (χ3n) is 5.49. The van der Waals surface area contributed by atoms with Crippen LogP contribution in [-0.4, -0.2) is 33.0 Å². The largest absolute Gasteiger partial charge is 0.490 e. The van der Waals surface area contributed by atoms with Crippen LogP contribution in [0.3, 0.4) is 0 Å². The molecule has 0 atom stereocenters. The summed E-state index contributed by atoms with van der Waals surface area (Å²) in [6.45, 7) is 5.53. The van der Waals surface area contributed by atoms with E-state index in [0.29, 0.717) is 28.1 Å². The number of nitrogens with one attached hydrogen (secondary N) is 4. The van der Waals surface area contributed by atoms with Crippen LogP contribution in [0.1, 0.15) is 51.3 Å². The van der Waals surface area contributed by atoms with E-state index in [1.165, 1.54) is 24.3 Å². The number of hydrogen-bond acceptors (Lipinski definition) is 5. The lowest BCUT2D eigenvalue weighted by Crippen LogP contribution is -2.20. The van der Waals surface area contributed by atoms with Gasteiger partial charge in [-0.2, -0.15) is 0 Å². The van der Waals surface area contributed by atoms with Crippen molar-refractivity contribution in [2.75, 3.05) is 6.61 Å². The van der Waals surface area contributed by atoms with Crippen LogP contribution in [0.5, 0.6) is 11.5 Å². The van der Waals surface area contributed by atoms with E-state index in [2.05, 4.69) is 20.4 Å². The number of aryl methyl sites for hydroxylation is 2. The number of esters is 1. The van der Waals surface area contributed by atoms with Gasteiger partial charge >= 0.3 is 5.97 Å². The van der Waals surface area contributed by atoms with Gasteiger partial charge in [-0.1, -0.05) is 6.07 Å². The van der Waals surface area contributed by atoms with E-state index in [0.717, 1.165) is 0 Å². The minimum atomic E-state index is -0.717. The second-order valence-electron chi connectivity index (χ2n) is 7.70. The van der Waals surface area contributed by atoms with Crippen LogP contribution in [0.15, 0.2) is 52.1 Å². The van der Waals surface area contributed by atoms with Crippen LogP contribution < -0.4 is 20.6 Å². The summed E-state index contributed by atoms with van der Waals surface area (Å²) in [4.78, 5) is 37.8. The van der Waals surface area contributed by atoms with Gasteiger partial charge in [0.05, 0.1) is 23.3 Å². The Labute approximate surface area is 192 Å². The number of aromatic amines is 4. The van der Waals surface area contributed by atoms with Gasteiger partial charge in [-0.15, -0.1) is 0 Å². The predicted molar refractivity (Wildman–Crippen MR) is 122 cm³/mol. The molecule has 0 saturated carbocycles. The van der Waals surface area contributed by atoms with Crippen molar-refractivity contribution >= 4 is 5.97 Å². The summed E-state index contributed by atoms with van der Waals surface area (Å²) in [6.07, 6.45) is 0. The van der Waals surface area contributed by atoms with Gasteiger partial charge in [0.2, 0.25) is 0 Å². The van der Waals surface area contributed by atoms with Crippen molar-refractivity contribution < 1.29 is 18.7 Å². The molecule has 0 radical (unpaired) electrons. The van der Waals surface area contributed by atoms with Crippen molar-refractivity contribution in [2.45, 2.75) is 26.7 Å². The maximum Gasteiger partial charge on any atom is 0.343 e. The van der Waals surface area contributed by atoms with Crippen LogP contribution in [0.4, 0.5) is 4.39 Å². The van der Waals surface area contributed by atoms with Crippen molar-refractivity contribution in [3.8, 4) is 11.5 Å². The summed E-state index contributed by atoms with van der Waals surface area (Å²) in [5, 5.41) is 10.7. The average molecular weight is 466 g/mol. The molecule has 0 aliphatic carbocycles. The molecule has 0 bridgehead atoms. The molecule has 4 rings (SSSR count). The van der Waals surface area contributed by atoms with Gasteiger partial charge in [-0.25, -0.2) is 9.18 Å². The summed E-state index contributed by atoms with van der Waals surface area (Å²) in [6, 6.07) is 9.83. The molecular formula is C24H23FN4O5. The zero-order valence-electron chi connectivity index (χ0n) is 18.7. The molecule has 0 amide bonds. The summed E-state index contributed by atoms with van der Waals surface area (Å²) >= 11 is 0. The molecule has 9 nitrogen and oxygen atoms in total. The summed E-state index contributed by atoms with van der Waals surface area (Å²) in [5.41, 5.74) is 1.98. The zero-order chi connectivity index (χ0) is 24.4. The molecule has 4 aromatic rings. The van der Waals surface area contributed by atoms with Crippen LogP contribution >= 0.6 is 0 Å². The number of ether oxygens (including phenoxy) is 2. The van der Waals surface area contributed by atoms with Crippen molar-refractivity contribution in [1.82, 2.24) is 20.4 Å². The number of carbonyl (C=O) groups excluding carboxylic acids is 1. The third-order valence-corrected chi connectivity index (χ3v) is 5.49. The Balaban J connectivity index is 1.80. The van der Waals surface area contributed by atoms with Gasteiger partial charge in [0.25, 0.3) is 11.1 Å². The lowest BCUT2D eigenvalue weighted by molar-refractivity contribution is 0.0728. The topological polar surface area (TPSA) is 133 Å². The predicted octanol–water partition coefficient (Wildman–Crippen LogP) is 3.27. The summed E-state index contributed by atoms with van der Waals surface area (Å²) < 4.78 is 24.4. The zero-order valence-corrected chi connectivity index (χ0v) is 18.7. The van der Waals surface area contributed by atoms with Gasteiger partial charge in [0.1, 0.15) is 5.82 Å². The second-order valence-corrected chi connectivity index (χ2v) is 7.70. The minimum Gasteiger partial charge on any atom is -0.490 e. The van der Waals surface area contributed by atoms with Crippen molar-refractivity contribution in [3.63, 3.8) is 0 Å². The smallest absolute Gasteiger partial charge is 0.343 e. The van der Waals surface area contributed by atoms with Gasteiger partial charge in [0, 0.05) is 17.3 Å². The molecule has 2 aromatic carbocycles. The Kier molecular flexibility index (Phi) is 6.22. The highest BCUT2D eigenvalue weighted by molar-refractivity contribution is 5.91. The van der Waals surface area contributed by atoms with Gasteiger partial charge in [0.15, 0.2) is 11.5 Å². The van der Waals surface area contributed by atoms with Crippen molar-refractivity contribution in [1.29, 1.82) is 0 Å². The maximum absolute atomic E-state index is 13.2. The molecule has 4 N–H and O–H groups in total. The van der Waals surface area contributed by atoms with E-state index in [1.807, 2.05) is 0 Å². The van der Waals surface area contributed by atoms with E-state index in [4.69, 9.17) is 9.47 Å². The Hall–Kier alpha value is -4.34. The molecule has 0 aliphatic heterocycles. The van der Waals surface area contributed by atoms with Crippen LogP contribution in [0.2, 0.25) is 0 Å². The highest BCUT2D eigenvalue weighted by Gasteiger charge is 2.29. The number of hydrogen-bond donors (Lipinski definition) is 4. The first kappa shape index (κ1) is 22.8. The summed E-state index contributed by atoms with van der Waals surface area (Å²) in [5.74, 6) is -1.45. The molecule has 0 saturated heterocycles. The van der Waals surface area contributed by atoms with Crippen LogP contribution in [0.25, 0.3) is 0 Å². The van der Waals surface area contributed by atoms with E-state index in [-0.39, 0.29) is 34.8 Å². The molecule has 0 spiro atoms. The molecule has 2 aromatic heterocycles. The fourth-order valence-electron chi connectivity index (χ4n) is 3.89. The average Bonchev–Trinajstić information content (AvgIpc) is 3.32. The Morgan fingerprint density at radius 3 is 1.97 bits per heavy atom. The number of aromatic nitrogens is 4. The molecule has 0 unspecified atom stereocenters. The van der Waals surface area contributed by atoms with Gasteiger partial charge < -0.3 is 19.7 Å². The lowest BCUT2D eigenvalue weighted by Gasteiger charge is -2.18. The monoisotopic (exact) mass is 466 g/mol. The molecular weight excluding hydrogens is 443 g/mol. The van der Waals surface area contributed by atoms with Crippen molar-refractivity contribution in [3.05, 3.63) is 103 Å². The van der Waals surface area contributed by atoms with E-state index >= 15 is 0 Å². The first-order valence-corrected chi connectivity index (χ1v) is 10.6. The Morgan fingerprint density at radius 2 is 1.47 bits per heavy atom. The Bertz CT molecular complexity index is 1390. The molecule has 34 heavy (non-hydrogen) atoms. The molecule has 176 valence electrons. The van der Waals surface area contributed by atoms with E-state index in [1.54, 1.807) is 39.0 Å². The van der Waals surface area contributed by atoms with Crippen molar-refractivity contribution in [2.24, 2.45) is 0 Å². The number of rotatable bonds is 7. The molecule has 10 heteroatoms. The number of H-pyrrole nitrogens is 4. The highest BCUT2D eigenvalue weighted by atomic mass is 19.1. The molecule has 2 heterocycles. The Morgan fingerprint density at radius 1 is 0.882 bits per heavy atom. The maximum atomic E-state index is 13.2. The number of carbonyl (C=O) groups is 1. The van der Waals surface area contributed by atoms with Gasteiger partial charge in [-0.05, 0) is 62.7 Å². The first-order chi connectivity index (χ1) is 16.3. The SMILES string of the molecule is CCOc1cc(C(c2c(C)[nH][nH]c2=O)c2c(C)[nH][nH]c2=O)ccc1OC(=O)c1ccc(F)cc1. The summed E-state index contributed by atoms with van der Waals surface area (Å²) in [7, 11) is 0. The first-order valence-electron chi connectivity index (χ1n) is 10.6. The number of halogens is 1. The van der Waals surface area contributed by atoms with Crippen LogP contribution in [-0.2, 0) is 0 Å². The van der Waals surface area contributed by atoms with E-state index in [9.17, 15) is 18.8 Å². The second kappa shape index (κ2) is 9.26. The number of benzene rings is 2. The molecule has 0 fully saturated rings. The van der Waals surface area contributed by atoms with Gasteiger partial charge in [-0.3, -0.25) is 19.8 Å².